The zero-order valence-corrected chi connectivity index (χ0v) is 13.6. The van der Waals surface area contributed by atoms with Crippen molar-refractivity contribution in [3.8, 4) is 0 Å². The maximum atomic E-state index is 6.19. The fourth-order valence-electron chi connectivity index (χ4n) is 2.52. The zero-order valence-electron chi connectivity index (χ0n) is 12.8. The van der Waals surface area contributed by atoms with E-state index in [1.54, 1.807) is 0 Å². The Morgan fingerprint density at radius 1 is 1.20 bits per heavy atom. The van der Waals surface area contributed by atoms with Gasteiger partial charge in [0.15, 0.2) is 0 Å². The van der Waals surface area contributed by atoms with Crippen molar-refractivity contribution in [3.05, 3.63) is 28.8 Å². The first-order chi connectivity index (χ1) is 9.56. The number of piperazine rings is 1. The molecule has 20 heavy (non-hydrogen) atoms. The second-order valence-corrected chi connectivity index (χ2v) is 6.52. The second kappa shape index (κ2) is 7.30. The summed E-state index contributed by atoms with van der Waals surface area (Å²) in [4.78, 5) is 4.83. The maximum Gasteiger partial charge on any atom is 0.0427 e. The van der Waals surface area contributed by atoms with E-state index < -0.39 is 0 Å². The summed E-state index contributed by atoms with van der Waals surface area (Å²) in [6.45, 7) is 10.8. The molecule has 0 atom stereocenters. The molecule has 0 aromatic heterocycles. The van der Waals surface area contributed by atoms with Crippen LogP contribution in [0.15, 0.2) is 18.2 Å². The van der Waals surface area contributed by atoms with Gasteiger partial charge in [0.1, 0.15) is 0 Å². The van der Waals surface area contributed by atoms with Gasteiger partial charge in [-0.25, -0.2) is 0 Å². The standard InChI is InChI=1S/C16H26ClN3/c1-13(2)11-18-12-14-4-5-15(17)10-16(14)20-8-6-19(3)7-9-20/h4-5,10,13,18H,6-9,11-12H2,1-3H3. The van der Waals surface area contributed by atoms with Crippen LogP contribution in [0, 0.1) is 5.92 Å². The predicted octanol–water partition coefficient (Wildman–Crippen LogP) is 2.84. The van der Waals surface area contributed by atoms with Gasteiger partial charge in [0, 0.05) is 43.4 Å². The summed E-state index contributed by atoms with van der Waals surface area (Å²) >= 11 is 6.19. The summed E-state index contributed by atoms with van der Waals surface area (Å²) in [7, 11) is 2.18. The minimum atomic E-state index is 0.675. The SMILES string of the molecule is CC(C)CNCc1ccc(Cl)cc1N1CCN(C)CC1. The third-order valence-corrected chi connectivity index (χ3v) is 3.99. The molecular formula is C16H26ClN3. The topological polar surface area (TPSA) is 18.5 Å². The van der Waals surface area contributed by atoms with Crippen molar-refractivity contribution in [2.75, 3.05) is 44.7 Å². The molecule has 4 heteroatoms. The number of benzene rings is 1. The Morgan fingerprint density at radius 3 is 2.55 bits per heavy atom. The molecule has 2 rings (SSSR count). The van der Waals surface area contributed by atoms with Crippen LogP contribution in [0.5, 0.6) is 0 Å². The molecule has 1 aromatic carbocycles. The number of nitrogens with one attached hydrogen (secondary N) is 1. The number of halogens is 1. The van der Waals surface area contributed by atoms with E-state index in [1.165, 1.54) is 11.3 Å². The Kier molecular flexibility index (Phi) is 5.70. The van der Waals surface area contributed by atoms with E-state index in [2.05, 4.69) is 48.1 Å². The molecule has 1 N–H and O–H groups in total. The van der Waals surface area contributed by atoms with Gasteiger partial charge >= 0.3 is 0 Å². The number of likely N-dealkylation sites (N-methyl/N-ethyl adjacent to an activating group) is 1. The lowest BCUT2D eigenvalue weighted by Crippen LogP contribution is -2.45. The van der Waals surface area contributed by atoms with Crippen LogP contribution in [-0.4, -0.2) is 44.7 Å². The summed E-state index contributed by atoms with van der Waals surface area (Å²) in [6, 6.07) is 6.26. The van der Waals surface area contributed by atoms with Gasteiger partial charge in [-0.2, -0.15) is 0 Å². The van der Waals surface area contributed by atoms with Gasteiger partial charge in [-0.3, -0.25) is 0 Å². The Bertz CT molecular complexity index is 426. The largest absolute Gasteiger partial charge is 0.369 e. The van der Waals surface area contributed by atoms with E-state index in [4.69, 9.17) is 11.6 Å². The van der Waals surface area contributed by atoms with Crippen LogP contribution in [0.3, 0.4) is 0 Å². The van der Waals surface area contributed by atoms with Crippen LogP contribution >= 0.6 is 11.6 Å². The summed E-state index contributed by atoms with van der Waals surface area (Å²) in [5.41, 5.74) is 2.64. The minimum absolute atomic E-state index is 0.675. The van der Waals surface area contributed by atoms with Crippen LogP contribution in [0.4, 0.5) is 5.69 Å². The lowest BCUT2D eigenvalue weighted by molar-refractivity contribution is 0.312. The number of nitrogens with zero attached hydrogens (tertiary/aromatic N) is 2. The van der Waals surface area contributed by atoms with Crippen molar-refractivity contribution < 1.29 is 0 Å². The fraction of sp³-hybridized carbons (Fsp3) is 0.625. The highest BCUT2D eigenvalue weighted by Crippen LogP contribution is 2.26. The van der Waals surface area contributed by atoms with E-state index in [9.17, 15) is 0 Å². The molecular weight excluding hydrogens is 270 g/mol. The molecule has 1 fully saturated rings. The van der Waals surface area contributed by atoms with Crippen molar-refractivity contribution >= 4 is 17.3 Å². The molecule has 0 bridgehead atoms. The van der Waals surface area contributed by atoms with Crippen molar-refractivity contribution in [3.63, 3.8) is 0 Å². The average Bonchev–Trinajstić information content (AvgIpc) is 2.41. The molecule has 1 aliphatic rings. The van der Waals surface area contributed by atoms with E-state index in [-0.39, 0.29) is 0 Å². The van der Waals surface area contributed by atoms with Gasteiger partial charge in [-0.1, -0.05) is 31.5 Å². The van der Waals surface area contributed by atoms with Crippen molar-refractivity contribution in [1.82, 2.24) is 10.2 Å². The van der Waals surface area contributed by atoms with Crippen molar-refractivity contribution in [1.29, 1.82) is 0 Å². The monoisotopic (exact) mass is 295 g/mol. The molecule has 1 heterocycles. The van der Waals surface area contributed by atoms with E-state index >= 15 is 0 Å². The lowest BCUT2D eigenvalue weighted by Gasteiger charge is -2.35. The van der Waals surface area contributed by atoms with Gasteiger partial charge < -0.3 is 15.1 Å². The maximum absolute atomic E-state index is 6.19. The summed E-state index contributed by atoms with van der Waals surface area (Å²) in [6.07, 6.45) is 0. The molecule has 112 valence electrons. The molecule has 0 unspecified atom stereocenters. The molecule has 3 nitrogen and oxygen atoms in total. The predicted molar refractivity (Wildman–Crippen MR) is 87.7 cm³/mol. The highest BCUT2D eigenvalue weighted by Gasteiger charge is 2.17. The van der Waals surface area contributed by atoms with Crippen molar-refractivity contribution in [2.24, 2.45) is 5.92 Å². The van der Waals surface area contributed by atoms with Gasteiger partial charge in [0.2, 0.25) is 0 Å². The molecule has 1 aromatic rings. The quantitative estimate of drug-likeness (QED) is 0.901. The molecule has 1 saturated heterocycles. The first-order valence-electron chi connectivity index (χ1n) is 7.49. The zero-order chi connectivity index (χ0) is 14.5. The van der Waals surface area contributed by atoms with Gasteiger partial charge in [0.05, 0.1) is 0 Å². The van der Waals surface area contributed by atoms with Gasteiger partial charge in [-0.05, 0) is 37.2 Å². The van der Waals surface area contributed by atoms with E-state index in [1.807, 2.05) is 6.07 Å². The molecule has 0 amide bonds. The third-order valence-electron chi connectivity index (χ3n) is 3.76. The Labute approximate surface area is 127 Å². The third kappa shape index (κ3) is 4.37. The summed E-state index contributed by atoms with van der Waals surface area (Å²) in [5.74, 6) is 0.675. The number of hydrogen-bond donors (Lipinski definition) is 1. The van der Waals surface area contributed by atoms with Crippen LogP contribution in [0.2, 0.25) is 5.02 Å². The molecule has 1 aliphatic heterocycles. The summed E-state index contributed by atoms with van der Waals surface area (Å²) in [5, 5.41) is 4.35. The first kappa shape index (κ1) is 15.6. The Balaban J connectivity index is 2.07. The number of anilines is 1. The number of rotatable bonds is 5. The average molecular weight is 296 g/mol. The first-order valence-corrected chi connectivity index (χ1v) is 7.86. The molecule has 0 radical (unpaired) electrons. The van der Waals surface area contributed by atoms with Crippen LogP contribution in [-0.2, 0) is 6.54 Å². The number of hydrogen-bond acceptors (Lipinski definition) is 3. The van der Waals surface area contributed by atoms with Crippen LogP contribution in [0.1, 0.15) is 19.4 Å². The molecule has 0 saturated carbocycles. The van der Waals surface area contributed by atoms with E-state index in [0.29, 0.717) is 5.92 Å². The summed E-state index contributed by atoms with van der Waals surface area (Å²) < 4.78 is 0. The highest BCUT2D eigenvalue weighted by molar-refractivity contribution is 6.30. The minimum Gasteiger partial charge on any atom is -0.369 e. The normalized spacial score (nSPS) is 16.9. The fourth-order valence-corrected chi connectivity index (χ4v) is 2.69. The highest BCUT2D eigenvalue weighted by atomic mass is 35.5. The second-order valence-electron chi connectivity index (χ2n) is 6.09. The van der Waals surface area contributed by atoms with Crippen molar-refractivity contribution in [2.45, 2.75) is 20.4 Å². The lowest BCUT2D eigenvalue weighted by atomic mass is 10.1. The van der Waals surface area contributed by atoms with Crippen LogP contribution < -0.4 is 10.2 Å². The van der Waals surface area contributed by atoms with Crippen LogP contribution in [0.25, 0.3) is 0 Å². The van der Waals surface area contributed by atoms with E-state index in [0.717, 1.165) is 44.3 Å². The van der Waals surface area contributed by atoms with Gasteiger partial charge in [0.25, 0.3) is 0 Å². The Morgan fingerprint density at radius 2 is 1.90 bits per heavy atom. The smallest absolute Gasteiger partial charge is 0.0427 e. The van der Waals surface area contributed by atoms with Gasteiger partial charge in [-0.15, -0.1) is 0 Å². The Hall–Kier alpha value is -0.770. The molecule has 0 aliphatic carbocycles. The molecule has 0 spiro atoms.